The van der Waals surface area contributed by atoms with Crippen LogP contribution in [0.2, 0.25) is 0 Å². The standard InChI is InChI=1S/C24H24N4O6/c1-14-10-16(18-4-2-3-5-20(18)25-14)13-34-17-8-6-15(7-9-17)22(29)26-21-12-28(24(31)32)11-19(21)23(30)27-33/h2-10,19,21,33H,11-13H2,1H3,(H,26,29)(H,27,30)(H,31,32)/t19-,21-/m0/s1. The fourth-order valence-corrected chi connectivity index (χ4v) is 4.08. The average molecular weight is 464 g/mol. The van der Waals surface area contributed by atoms with Crippen molar-refractivity contribution in [1.29, 1.82) is 0 Å². The van der Waals surface area contributed by atoms with E-state index in [1.807, 2.05) is 37.3 Å². The number of amides is 3. The molecule has 2 aromatic carbocycles. The maximum absolute atomic E-state index is 12.7. The minimum absolute atomic E-state index is 0.0559. The van der Waals surface area contributed by atoms with Gasteiger partial charge in [-0.1, -0.05) is 18.2 Å². The Hall–Kier alpha value is -4.18. The lowest BCUT2D eigenvalue weighted by atomic mass is 10.0. The van der Waals surface area contributed by atoms with Crippen molar-refractivity contribution in [3.05, 3.63) is 71.4 Å². The van der Waals surface area contributed by atoms with Crippen LogP contribution < -0.4 is 15.5 Å². The molecule has 3 amide bonds. The van der Waals surface area contributed by atoms with Crippen molar-refractivity contribution in [3.8, 4) is 5.75 Å². The summed E-state index contributed by atoms with van der Waals surface area (Å²) in [6.07, 6.45) is -1.20. The summed E-state index contributed by atoms with van der Waals surface area (Å²) < 4.78 is 5.91. The molecule has 0 saturated carbocycles. The zero-order valence-electron chi connectivity index (χ0n) is 18.4. The van der Waals surface area contributed by atoms with Crippen molar-refractivity contribution in [2.75, 3.05) is 13.1 Å². The first kappa shape index (κ1) is 23.0. The normalized spacial score (nSPS) is 17.4. The molecule has 1 aliphatic heterocycles. The molecule has 10 nitrogen and oxygen atoms in total. The van der Waals surface area contributed by atoms with Crippen LogP contribution in [0.15, 0.2) is 54.6 Å². The zero-order valence-corrected chi connectivity index (χ0v) is 18.4. The number of para-hydroxylation sites is 1. The molecule has 34 heavy (non-hydrogen) atoms. The van der Waals surface area contributed by atoms with E-state index in [2.05, 4.69) is 10.3 Å². The molecule has 1 aliphatic rings. The number of carbonyl (C=O) groups excluding carboxylic acids is 2. The Morgan fingerprint density at radius 3 is 2.56 bits per heavy atom. The number of carboxylic acid groups (broad SMARTS) is 1. The van der Waals surface area contributed by atoms with E-state index in [4.69, 9.17) is 9.94 Å². The van der Waals surface area contributed by atoms with E-state index in [0.717, 1.165) is 27.1 Å². The number of carbonyl (C=O) groups is 3. The zero-order chi connectivity index (χ0) is 24.2. The van der Waals surface area contributed by atoms with Gasteiger partial charge in [0.05, 0.1) is 17.5 Å². The Labute approximate surface area is 195 Å². The van der Waals surface area contributed by atoms with Crippen LogP contribution in [0.5, 0.6) is 5.75 Å². The Kier molecular flexibility index (Phi) is 6.60. The van der Waals surface area contributed by atoms with E-state index in [1.165, 1.54) is 5.48 Å². The highest BCUT2D eigenvalue weighted by Gasteiger charge is 2.40. The Morgan fingerprint density at radius 2 is 1.85 bits per heavy atom. The minimum Gasteiger partial charge on any atom is -0.489 e. The van der Waals surface area contributed by atoms with E-state index < -0.39 is 29.9 Å². The quantitative estimate of drug-likeness (QED) is 0.324. The van der Waals surface area contributed by atoms with E-state index in [0.29, 0.717) is 17.9 Å². The molecule has 0 unspecified atom stereocenters. The number of likely N-dealkylation sites (tertiary alicyclic amines) is 1. The summed E-state index contributed by atoms with van der Waals surface area (Å²) in [5.41, 5.74) is 4.65. The van der Waals surface area contributed by atoms with Crippen LogP contribution in [0.4, 0.5) is 4.79 Å². The highest BCUT2D eigenvalue weighted by molar-refractivity contribution is 5.95. The van der Waals surface area contributed by atoms with Crippen molar-refractivity contribution in [2.24, 2.45) is 5.92 Å². The highest BCUT2D eigenvalue weighted by atomic mass is 16.5. The van der Waals surface area contributed by atoms with Gasteiger partial charge >= 0.3 is 6.09 Å². The van der Waals surface area contributed by atoms with Gasteiger partial charge in [0.2, 0.25) is 5.91 Å². The summed E-state index contributed by atoms with van der Waals surface area (Å²) in [6.45, 7) is 2.08. The molecule has 4 N–H and O–H groups in total. The summed E-state index contributed by atoms with van der Waals surface area (Å²) >= 11 is 0. The van der Waals surface area contributed by atoms with Crippen LogP contribution in [0.1, 0.15) is 21.6 Å². The van der Waals surface area contributed by atoms with Crippen LogP contribution in [0.25, 0.3) is 10.9 Å². The Morgan fingerprint density at radius 1 is 1.12 bits per heavy atom. The number of pyridine rings is 1. The van der Waals surface area contributed by atoms with Gasteiger partial charge in [-0.2, -0.15) is 0 Å². The lowest BCUT2D eigenvalue weighted by molar-refractivity contribution is -0.133. The van der Waals surface area contributed by atoms with Crippen molar-refractivity contribution >= 4 is 28.8 Å². The predicted molar refractivity (Wildman–Crippen MR) is 122 cm³/mol. The second kappa shape index (κ2) is 9.75. The average Bonchev–Trinajstić information content (AvgIpc) is 3.26. The second-order valence-corrected chi connectivity index (χ2v) is 8.10. The maximum atomic E-state index is 12.7. The monoisotopic (exact) mass is 464 g/mol. The van der Waals surface area contributed by atoms with Gasteiger partial charge in [0.1, 0.15) is 12.4 Å². The van der Waals surface area contributed by atoms with E-state index in [9.17, 15) is 19.5 Å². The number of rotatable bonds is 6. The largest absolute Gasteiger partial charge is 0.489 e. The van der Waals surface area contributed by atoms with Gasteiger partial charge in [0, 0.05) is 35.3 Å². The van der Waals surface area contributed by atoms with E-state index >= 15 is 0 Å². The minimum atomic E-state index is -1.20. The topological polar surface area (TPSA) is 141 Å². The van der Waals surface area contributed by atoms with Gasteiger partial charge in [-0.3, -0.25) is 19.8 Å². The third-order valence-electron chi connectivity index (χ3n) is 5.79. The number of ether oxygens (including phenoxy) is 1. The van der Waals surface area contributed by atoms with E-state index in [1.54, 1.807) is 24.3 Å². The number of aromatic nitrogens is 1. The van der Waals surface area contributed by atoms with Gasteiger partial charge in [-0.15, -0.1) is 0 Å². The number of aryl methyl sites for hydroxylation is 1. The molecule has 176 valence electrons. The molecule has 3 aromatic rings. The lowest BCUT2D eigenvalue weighted by Crippen LogP contribution is -2.45. The molecule has 0 aliphatic carbocycles. The van der Waals surface area contributed by atoms with Gasteiger partial charge < -0.3 is 20.1 Å². The first-order chi connectivity index (χ1) is 16.4. The maximum Gasteiger partial charge on any atom is 0.407 e. The van der Waals surface area contributed by atoms with Crippen LogP contribution in [0.3, 0.4) is 0 Å². The SMILES string of the molecule is Cc1cc(COc2ccc(C(=O)N[C@H]3CN(C(=O)O)C[C@@H]3C(=O)NO)cc2)c2ccccc2n1. The molecule has 0 spiro atoms. The Balaban J connectivity index is 1.41. The van der Waals surface area contributed by atoms with Crippen molar-refractivity contribution in [2.45, 2.75) is 19.6 Å². The third-order valence-corrected chi connectivity index (χ3v) is 5.79. The summed E-state index contributed by atoms with van der Waals surface area (Å²) in [7, 11) is 0. The predicted octanol–water partition coefficient (Wildman–Crippen LogP) is 2.34. The molecular formula is C24H24N4O6. The second-order valence-electron chi connectivity index (χ2n) is 8.10. The first-order valence-electron chi connectivity index (χ1n) is 10.7. The molecule has 2 heterocycles. The van der Waals surface area contributed by atoms with Crippen LogP contribution >= 0.6 is 0 Å². The molecule has 0 bridgehead atoms. The smallest absolute Gasteiger partial charge is 0.407 e. The number of fused-ring (bicyclic) bond motifs is 1. The van der Waals surface area contributed by atoms with E-state index in [-0.39, 0.29) is 13.1 Å². The molecule has 2 atom stereocenters. The van der Waals surface area contributed by atoms with Crippen molar-refractivity contribution < 1.29 is 29.4 Å². The summed E-state index contributed by atoms with van der Waals surface area (Å²) in [4.78, 5) is 41.4. The molecule has 1 fully saturated rings. The fraction of sp³-hybridized carbons (Fsp3) is 0.250. The summed E-state index contributed by atoms with van der Waals surface area (Å²) in [5.74, 6) is -1.54. The number of hydrogen-bond acceptors (Lipinski definition) is 6. The van der Waals surface area contributed by atoms with Crippen molar-refractivity contribution in [1.82, 2.24) is 20.7 Å². The third kappa shape index (κ3) is 4.91. The number of benzene rings is 2. The van der Waals surface area contributed by atoms with Crippen LogP contribution in [0, 0.1) is 12.8 Å². The number of nitrogens with zero attached hydrogens (tertiary/aromatic N) is 2. The molecule has 0 radical (unpaired) electrons. The molecule has 4 rings (SSSR count). The summed E-state index contributed by atoms with van der Waals surface area (Å²) in [6, 6.07) is 15.6. The summed E-state index contributed by atoms with van der Waals surface area (Å²) in [5, 5.41) is 21.8. The molecule has 1 aromatic heterocycles. The fourth-order valence-electron chi connectivity index (χ4n) is 4.08. The van der Waals surface area contributed by atoms with Gasteiger partial charge in [-0.05, 0) is 43.3 Å². The number of hydroxylamine groups is 1. The van der Waals surface area contributed by atoms with Gasteiger partial charge in [0.25, 0.3) is 5.91 Å². The molecule has 1 saturated heterocycles. The van der Waals surface area contributed by atoms with Crippen molar-refractivity contribution in [3.63, 3.8) is 0 Å². The van der Waals surface area contributed by atoms with Gasteiger partial charge in [0.15, 0.2) is 0 Å². The molecule has 10 heteroatoms. The van der Waals surface area contributed by atoms with Crippen LogP contribution in [-0.2, 0) is 11.4 Å². The van der Waals surface area contributed by atoms with Crippen LogP contribution in [-0.4, -0.2) is 57.2 Å². The Bertz CT molecular complexity index is 1230. The van der Waals surface area contributed by atoms with Gasteiger partial charge in [-0.25, -0.2) is 10.3 Å². The number of hydrogen-bond donors (Lipinski definition) is 4. The highest BCUT2D eigenvalue weighted by Crippen LogP contribution is 2.22. The lowest BCUT2D eigenvalue weighted by Gasteiger charge is -2.18. The molecular weight excluding hydrogens is 440 g/mol. The number of nitrogens with one attached hydrogen (secondary N) is 2. The first-order valence-corrected chi connectivity index (χ1v) is 10.7.